The first-order valence-electron chi connectivity index (χ1n) is 6.32. The molecule has 2 aromatic carbocycles. The van der Waals surface area contributed by atoms with Gasteiger partial charge in [0.25, 0.3) is 0 Å². The maximum Gasteiger partial charge on any atom is 0.185 e. The number of nitriles is 1. The zero-order chi connectivity index (χ0) is 16.8. The molecule has 0 spiro atoms. The highest BCUT2D eigenvalue weighted by molar-refractivity contribution is 8.25. The van der Waals surface area contributed by atoms with Crippen LogP contribution in [0.1, 0.15) is 15.9 Å². The zero-order valence-electron chi connectivity index (χ0n) is 11.4. The highest BCUT2D eigenvalue weighted by Gasteiger charge is 2.36. The number of benzene rings is 2. The van der Waals surface area contributed by atoms with Gasteiger partial charge in [-0.2, -0.15) is 15.9 Å². The van der Waals surface area contributed by atoms with Crippen LogP contribution in [-0.2, 0) is 0 Å². The summed E-state index contributed by atoms with van der Waals surface area (Å²) in [6.45, 7) is 0. The summed E-state index contributed by atoms with van der Waals surface area (Å²) < 4.78 is 38.6. The lowest BCUT2D eigenvalue weighted by Crippen LogP contribution is -2.01. The van der Waals surface area contributed by atoms with Crippen LogP contribution >= 0.6 is 22.2 Å². The van der Waals surface area contributed by atoms with E-state index in [4.69, 9.17) is 21.6 Å². The monoisotopic (exact) mass is 353 g/mol. The summed E-state index contributed by atoms with van der Waals surface area (Å²) in [5.41, 5.74) is 0.0728. The number of ketones is 1. The standard InChI is InChI=1S/C15H9ClFNO4S/c16-15-12(22-10-4-8(6-18)3-9(17)5-10)1-2-13-14(15)11(19)7-23(13,20)21/h1-5,20-21H,7H2. The topological polar surface area (TPSA) is 90.5 Å². The Kier molecular flexibility index (Phi) is 3.78. The van der Waals surface area contributed by atoms with Crippen LogP contribution in [0.2, 0.25) is 5.02 Å². The Labute approximate surface area is 137 Å². The molecule has 1 heterocycles. The lowest BCUT2D eigenvalue weighted by atomic mass is 10.1. The lowest BCUT2D eigenvalue weighted by molar-refractivity contribution is 0.102. The minimum atomic E-state index is -3.18. The Morgan fingerprint density at radius 1 is 1.30 bits per heavy atom. The number of ether oxygens (including phenoxy) is 1. The van der Waals surface area contributed by atoms with Gasteiger partial charge >= 0.3 is 0 Å². The van der Waals surface area contributed by atoms with E-state index in [-0.39, 0.29) is 32.5 Å². The number of halogens is 2. The first-order chi connectivity index (χ1) is 10.8. The Morgan fingerprint density at radius 2 is 2.04 bits per heavy atom. The summed E-state index contributed by atoms with van der Waals surface area (Å²) in [4.78, 5) is 12.0. The number of rotatable bonds is 2. The number of carbonyl (C=O) groups excluding carboxylic acids is 1. The smallest absolute Gasteiger partial charge is 0.185 e. The predicted octanol–water partition coefficient (Wildman–Crippen LogP) is 4.45. The molecule has 0 unspecified atom stereocenters. The normalized spacial score (nSPS) is 16.6. The minimum Gasteiger partial charge on any atom is -0.456 e. The molecule has 0 radical (unpaired) electrons. The molecule has 0 fully saturated rings. The van der Waals surface area contributed by atoms with Crippen LogP contribution < -0.4 is 4.74 Å². The number of carbonyl (C=O) groups is 1. The van der Waals surface area contributed by atoms with Crippen molar-refractivity contribution in [3.63, 3.8) is 0 Å². The van der Waals surface area contributed by atoms with Crippen molar-refractivity contribution in [3.8, 4) is 17.6 Å². The highest BCUT2D eigenvalue weighted by Crippen LogP contribution is 2.57. The fraction of sp³-hybridized carbons (Fsp3) is 0.0667. The molecule has 2 aromatic rings. The summed E-state index contributed by atoms with van der Waals surface area (Å²) >= 11 is 6.13. The van der Waals surface area contributed by atoms with Gasteiger partial charge in [0.1, 0.15) is 23.1 Å². The van der Waals surface area contributed by atoms with Gasteiger partial charge in [-0.05, 0) is 24.3 Å². The van der Waals surface area contributed by atoms with Gasteiger partial charge in [0.2, 0.25) is 0 Å². The van der Waals surface area contributed by atoms with Crippen molar-refractivity contribution in [1.29, 1.82) is 5.26 Å². The average Bonchev–Trinajstić information content (AvgIpc) is 2.71. The van der Waals surface area contributed by atoms with Crippen molar-refractivity contribution >= 4 is 28.0 Å². The average molecular weight is 354 g/mol. The molecule has 2 N–H and O–H groups in total. The molecule has 0 bridgehead atoms. The van der Waals surface area contributed by atoms with E-state index < -0.39 is 27.9 Å². The summed E-state index contributed by atoms with van der Waals surface area (Å²) in [6.07, 6.45) is 0. The van der Waals surface area contributed by atoms with Crippen molar-refractivity contribution in [2.45, 2.75) is 4.90 Å². The molecule has 0 amide bonds. The first kappa shape index (κ1) is 15.8. The van der Waals surface area contributed by atoms with E-state index in [0.717, 1.165) is 12.1 Å². The van der Waals surface area contributed by atoms with Gasteiger partial charge in [0.05, 0.1) is 27.1 Å². The molecule has 23 heavy (non-hydrogen) atoms. The second kappa shape index (κ2) is 5.51. The molecule has 0 atom stereocenters. The number of fused-ring (bicyclic) bond motifs is 1. The molecule has 3 rings (SSSR count). The third-order valence-electron chi connectivity index (χ3n) is 3.26. The number of hydrogen-bond donors (Lipinski definition) is 2. The lowest BCUT2D eigenvalue weighted by Gasteiger charge is -2.26. The van der Waals surface area contributed by atoms with E-state index >= 15 is 0 Å². The number of Topliss-reactive ketones (excluding diaryl/α,β-unsaturated/α-hetero) is 1. The second-order valence-electron chi connectivity index (χ2n) is 4.87. The molecule has 0 saturated heterocycles. The van der Waals surface area contributed by atoms with Gasteiger partial charge in [-0.15, -0.1) is 0 Å². The summed E-state index contributed by atoms with van der Waals surface area (Å²) in [7, 11) is -3.18. The Hall–Kier alpha value is -2.11. The largest absolute Gasteiger partial charge is 0.456 e. The number of nitrogens with zero attached hydrogens (tertiary/aromatic N) is 1. The van der Waals surface area contributed by atoms with E-state index in [9.17, 15) is 18.3 Å². The summed E-state index contributed by atoms with van der Waals surface area (Å²) in [6, 6.07) is 7.95. The van der Waals surface area contributed by atoms with Gasteiger partial charge in [-0.3, -0.25) is 13.9 Å². The number of hydrogen-bond acceptors (Lipinski definition) is 5. The summed E-state index contributed by atoms with van der Waals surface area (Å²) in [5, 5.41) is 8.75. The Morgan fingerprint density at radius 3 is 2.74 bits per heavy atom. The maximum absolute atomic E-state index is 13.4. The Balaban J connectivity index is 2.04. The molecule has 8 heteroatoms. The quantitative estimate of drug-likeness (QED) is 0.832. The third kappa shape index (κ3) is 2.78. The molecular weight excluding hydrogens is 345 g/mol. The molecule has 1 aliphatic rings. The molecule has 1 aliphatic heterocycles. The maximum atomic E-state index is 13.4. The fourth-order valence-corrected chi connectivity index (χ4v) is 4.16. The second-order valence-corrected chi connectivity index (χ2v) is 7.31. The van der Waals surface area contributed by atoms with Crippen LogP contribution in [0.25, 0.3) is 0 Å². The van der Waals surface area contributed by atoms with E-state index in [1.807, 2.05) is 0 Å². The highest BCUT2D eigenvalue weighted by atomic mass is 35.5. The molecule has 0 aromatic heterocycles. The molecular formula is C15H9ClFNO4S. The molecule has 0 saturated carbocycles. The fourth-order valence-electron chi connectivity index (χ4n) is 2.30. The van der Waals surface area contributed by atoms with E-state index in [2.05, 4.69) is 0 Å². The Bertz CT molecular complexity index is 879. The van der Waals surface area contributed by atoms with Crippen LogP contribution in [0.4, 0.5) is 4.39 Å². The van der Waals surface area contributed by atoms with E-state index in [0.29, 0.717) is 0 Å². The minimum absolute atomic E-state index is 0.000997. The predicted molar refractivity (Wildman–Crippen MR) is 83.0 cm³/mol. The van der Waals surface area contributed by atoms with Crippen molar-refractivity contribution in [2.75, 3.05) is 5.75 Å². The van der Waals surface area contributed by atoms with Gasteiger partial charge < -0.3 is 4.74 Å². The summed E-state index contributed by atoms with van der Waals surface area (Å²) in [5.74, 6) is -1.45. The SMILES string of the molecule is N#Cc1cc(F)cc(Oc2ccc3c(c2Cl)C(=O)CS3(O)O)c1. The van der Waals surface area contributed by atoms with Crippen LogP contribution in [0.15, 0.2) is 35.2 Å². The third-order valence-corrected chi connectivity index (χ3v) is 5.34. The van der Waals surface area contributed by atoms with Crippen LogP contribution in [-0.4, -0.2) is 20.6 Å². The first-order valence-corrected chi connectivity index (χ1v) is 8.41. The van der Waals surface area contributed by atoms with E-state index in [1.54, 1.807) is 6.07 Å². The van der Waals surface area contributed by atoms with Gasteiger partial charge in [-0.1, -0.05) is 11.6 Å². The zero-order valence-corrected chi connectivity index (χ0v) is 13.0. The molecule has 118 valence electrons. The van der Waals surface area contributed by atoms with Gasteiger partial charge in [-0.25, -0.2) is 4.39 Å². The van der Waals surface area contributed by atoms with Crippen molar-refractivity contribution in [2.24, 2.45) is 0 Å². The van der Waals surface area contributed by atoms with Crippen molar-refractivity contribution in [3.05, 3.63) is 52.3 Å². The van der Waals surface area contributed by atoms with Crippen LogP contribution in [0.5, 0.6) is 11.5 Å². The van der Waals surface area contributed by atoms with Crippen LogP contribution in [0, 0.1) is 17.1 Å². The van der Waals surface area contributed by atoms with Crippen LogP contribution in [0.3, 0.4) is 0 Å². The molecule has 5 nitrogen and oxygen atoms in total. The molecule has 0 aliphatic carbocycles. The van der Waals surface area contributed by atoms with Gasteiger partial charge in [0.15, 0.2) is 5.78 Å². The van der Waals surface area contributed by atoms with Gasteiger partial charge in [0, 0.05) is 6.07 Å². The van der Waals surface area contributed by atoms with Crippen molar-refractivity contribution in [1.82, 2.24) is 0 Å². The van der Waals surface area contributed by atoms with E-state index in [1.165, 1.54) is 18.2 Å². The van der Waals surface area contributed by atoms with Crippen molar-refractivity contribution < 1.29 is 23.0 Å².